The van der Waals surface area contributed by atoms with Crippen LogP contribution in [0.25, 0.3) is 0 Å². The van der Waals surface area contributed by atoms with Gasteiger partial charge in [-0.2, -0.15) is 0 Å². The minimum Gasteiger partial charge on any atom is -0.446 e. The van der Waals surface area contributed by atoms with Gasteiger partial charge in [-0.1, -0.05) is 36.4 Å². The molecular formula is C27H32N4O5. The second-order valence-electron chi connectivity index (χ2n) is 9.69. The number of piperazine rings is 1. The lowest BCUT2D eigenvalue weighted by molar-refractivity contribution is -0.149. The molecule has 2 aliphatic heterocycles. The molecule has 0 spiro atoms. The fourth-order valence-corrected chi connectivity index (χ4v) is 5.70. The van der Waals surface area contributed by atoms with E-state index in [2.05, 4.69) is 17.0 Å². The van der Waals surface area contributed by atoms with Crippen molar-refractivity contribution in [3.8, 4) is 0 Å². The van der Waals surface area contributed by atoms with Gasteiger partial charge in [0.15, 0.2) is 0 Å². The van der Waals surface area contributed by atoms with Gasteiger partial charge >= 0.3 is 6.09 Å². The standard InChI is InChI=1S/C27H32N4O5/c32-25(28-35)23-18-21(36-27(34)31-13-12-19-6-4-5-9-24(19)31)10-11-22(23)26(33)30-16-14-29(15-17-30)20-7-2-1-3-8-20/h1-9,21-23,35H,10-18H2,(H,28,32)/t21-,22+,23+/m1/s1. The molecule has 3 atom stereocenters. The molecule has 1 saturated carbocycles. The number of nitrogens with one attached hydrogen (secondary N) is 1. The molecular weight excluding hydrogens is 460 g/mol. The zero-order chi connectivity index (χ0) is 25.1. The van der Waals surface area contributed by atoms with Crippen LogP contribution in [0.4, 0.5) is 16.2 Å². The molecule has 2 heterocycles. The van der Waals surface area contributed by atoms with Gasteiger partial charge < -0.3 is 14.5 Å². The molecule has 0 aromatic heterocycles. The average molecular weight is 493 g/mol. The fraction of sp³-hybridized carbons (Fsp3) is 0.444. The highest BCUT2D eigenvalue weighted by molar-refractivity contribution is 5.91. The Morgan fingerprint density at radius 3 is 2.33 bits per heavy atom. The van der Waals surface area contributed by atoms with E-state index in [0.29, 0.717) is 32.5 Å². The third kappa shape index (κ3) is 4.88. The van der Waals surface area contributed by atoms with Crippen LogP contribution in [0.5, 0.6) is 0 Å². The summed E-state index contributed by atoms with van der Waals surface area (Å²) in [4.78, 5) is 44.6. The molecule has 3 aliphatic rings. The van der Waals surface area contributed by atoms with Crippen molar-refractivity contribution in [1.29, 1.82) is 0 Å². The van der Waals surface area contributed by atoms with Gasteiger partial charge in [0, 0.05) is 38.4 Å². The summed E-state index contributed by atoms with van der Waals surface area (Å²) in [5, 5.41) is 9.36. The summed E-state index contributed by atoms with van der Waals surface area (Å²) in [6.45, 7) is 3.14. The highest BCUT2D eigenvalue weighted by atomic mass is 16.6. The largest absolute Gasteiger partial charge is 0.446 e. The quantitative estimate of drug-likeness (QED) is 0.503. The molecule has 2 fully saturated rings. The van der Waals surface area contributed by atoms with Crippen LogP contribution < -0.4 is 15.3 Å². The van der Waals surface area contributed by atoms with Crippen molar-refractivity contribution in [3.63, 3.8) is 0 Å². The van der Waals surface area contributed by atoms with E-state index in [0.717, 1.165) is 36.4 Å². The molecule has 2 aromatic rings. The summed E-state index contributed by atoms with van der Waals surface area (Å²) in [6.07, 6.45) is 0.968. The number of carbonyl (C=O) groups excluding carboxylic acids is 3. The van der Waals surface area contributed by atoms with Crippen LogP contribution in [-0.2, 0) is 20.7 Å². The number of benzene rings is 2. The summed E-state index contributed by atoms with van der Waals surface area (Å²) >= 11 is 0. The maximum absolute atomic E-state index is 13.4. The van der Waals surface area contributed by atoms with Crippen molar-refractivity contribution in [2.75, 3.05) is 42.5 Å². The van der Waals surface area contributed by atoms with Crippen molar-refractivity contribution in [2.45, 2.75) is 31.8 Å². The van der Waals surface area contributed by atoms with Gasteiger partial charge in [-0.25, -0.2) is 10.3 Å². The molecule has 0 unspecified atom stereocenters. The van der Waals surface area contributed by atoms with E-state index in [4.69, 9.17) is 4.74 Å². The minimum absolute atomic E-state index is 0.0745. The van der Waals surface area contributed by atoms with Crippen LogP contribution >= 0.6 is 0 Å². The summed E-state index contributed by atoms with van der Waals surface area (Å²) in [7, 11) is 0. The van der Waals surface area contributed by atoms with Crippen molar-refractivity contribution in [3.05, 3.63) is 60.2 Å². The first-order valence-corrected chi connectivity index (χ1v) is 12.6. The molecule has 1 aliphatic carbocycles. The summed E-state index contributed by atoms with van der Waals surface area (Å²) in [5.41, 5.74) is 4.81. The van der Waals surface area contributed by atoms with E-state index in [1.807, 2.05) is 47.4 Å². The Labute approximate surface area is 210 Å². The van der Waals surface area contributed by atoms with Crippen molar-refractivity contribution in [1.82, 2.24) is 10.4 Å². The maximum atomic E-state index is 13.4. The topological polar surface area (TPSA) is 102 Å². The van der Waals surface area contributed by atoms with Crippen molar-refractivity contribution >= 4 is 29.3 Å². The number of anilines is 2. The molecule has 190 valence electrons. The fourth-order valence-electron chi connectivity index (χ4n) is 5.70. The van der Waals surface area contributed by atoms with Crippen molar-refractivity contribution < 1.29 is 24.3 Å². The lowest BCUT2D eigenvalue weighted by Crippen LogP contribution is -2.53. The van der Waals surface area contributed by atoms with E-state index in [-0.39, 0.29) is 12.3 Å². The van der Waals surface area contributed by atoms with Crippen molar-refractivity contribution in [2.24, 2.45) is 11.8 Å². The number of ether oxygens (including phenoxy) is 1. The van der Waals surface area contributed by atoms with E-state index in [1.54, 1.807) is 10.4 Å². The zero-order valence-electron chi connectivity index (χ0n) is 20.2. The molecule has 2 N–H and O–H groups in total. The van der Waals surface area contributed by atoms with Gasteiger partial charge in [0.05, 0.1) is 17.5 Å². The van der Waals surface area contributed by atoms with E-state index < -0.39 is 29.9 Å². The molecule has 36 heavy (non-hydrogen) atoms. The first-order chi connectivity index (χ1) is 17.5. The second kappa shape index (κ2) is 10.6. The number of amides is 3. The monoisotopic (exact) mass is 492 g/mol. The number of carbonyl (C=O) groups is 3. The molecule has 0 radical (unpaired) electrons. The average Bonchev–Trinajstić information content (AvgIpc) is 3.37. The third-order valence-corrected chi connectivity index (χ3v) is 7.65. The predicted molar refractivity (Wildman–Crippen MR) is 134 cm³/mol. The van der Waals surface area contributed by atoms with Crippen LogP contribution in [0.15, 0.2) is 54.6 Å². The molecule has 1 saturated heterocycles. The van der Waals surface area contributed by atoms with Crippen LogP contribution in [0.2, 0.25) is 0 Å². The first-order valence-electron chi connectivity index (χ1n) is 12.6. The highest BCUT2D eigenvalue weighted by Crippen LogP contribution is 2.35. The van der Waals surface area contributed by atoms with E-state index >= 15 is 0 Å². The van der Waals surface area contributed by atoms with Crippen LogP contribution in [0.3, 0.4) is 0 Å². The first kappa shape index (κ1) is 24.1. The van der Waals surface area contributed by atoms with E-state index in [1.165, 1.54) is 0 Å². The Hall–Kier alpha value is -3.59. The number of hydrogen-bond acceptors (Lipinski definition) is 6. The number of rotatable bonds is 4. The maximum Gasteiger partial charge on any atom is 0.414 e. The van der Waals surface area contributed by atoms with E-state index in [9.17, 15) is 19.6 Å². The lowest BCUT2D eigenvalue weighted by Gasteiger charge is -2.40. The second-order valence-corrected chi connectivity index (χ2v) is 9.69. The zero-order valence-corrected chi connectivity index (χ0v) is 20.2. The van der Waals surface area contributed by atoms with Crippen LogP contribution in [0, 0.1) is 11.8 Å². The van der Waals surface area contributed by atoms with Gasteiger partial charge in [-0.3, -0.25) is 19.7 Å². The predicted octanol–water partition coefficient (Wildman–Crippen LogP) is 2.82. The minimum atomic E-state index is -0.757. The van der Waals surface area contributed by atoms with Gasteiger partial charge in [-0.15, -0.1) is 0 Å². The van der Waals surface area contributed by atoms with Gasteiger partial charge in [0.1, 0.15) is 6.10 Å². The highest BCUT2D eigenvalue weighted by Gasteiger charge is 2.43. The van der Waals surface area contributed by atoms with Crippen LogP contribution in [0.1, 0.15) is 24.8 Å². The summed E-state index contributed by atoms with van der Waals surface area (Å²) < 4.78 is 5.79. The molecule has 9 heteroatoms. The number of nitrogens with zero attached hydrogens (tertiary/aromatic N) is 3. The Kier molecular flexibility index (Phi) is 7.09. The molecule has 0 bridgehead atoms. The molecule has 2 aromatic carbocycles. The van der Waals surface area contributed by atoms with Gasteiger partial charge in [0.2, 0.25) is 11.8 Å². The summed E-state index contributed by atoms with van der Waals surface area (Å²) in [5.74, 6) is -1.99. The normalized spacial score (nSPS) is 23.7. The molecule has 3 amide bonds. The Bertz CT molecular complexity index is 1100. The molecule has 5 rings (SSSR count). The number of hydroxylamine groups is 1. The third-order valence-electron chi connectivity index (χ3n) is 7.65. The number of hydrogen-bond donors (Lipinski definition) is 2. The Balaban J connectivity index is 1.20. The molecule has 9 nitrogen and oxygen atoms in total. The van der Waals surface area contributed by atoms with Gasteiger partial charge in [0.25, 0.3) is 0 Å². The lowest BCUT2D eigenvalue weighted by atomic mass is 9.76. The SMILES string of the molecule is O=C(NO)[C@H]1C[C@H](OC(=O)N2CCc3ccccc32)CC[C@@H]1C(=O)N1CCN(c2ccccc2)CC1. The summed E-state index contributed by atoms with van der Waals surface area (Å²) in [6, 6.07) is 17.8. The number of fused-ring (bicyclic) bond motifs is 1. The Morgan fingerprint density at radius 2 is 1.58 bits per heavy atom. The smallest absolute Gasteiger partial charge is 0.414 e. The van der Waals surface area contributed by atoms with Gasteiger partial charge in [-0.05, 0) is 49.4 Å². The Morgan fingerprint density at radius 1 is 0.861 bits per heavy atom. The van der Waals surface area contributed by atoms with Crippen LogP contribution in [-0.4, -0.2) is 66.8 Å². The number of para-hydroxylation sites is 2.